The summed E-state index contributed by atoms with van der Waals surface area (Å²) in [7, 11) is -3.89. The zero-order chi connectivity index (χ0) is 22.9. The Kier molecular flexibility index (Phi) is 5.45. The molecule has 9 nitrogen and oxygen atoms in total. The lowest BCUT2D eigenvalue weighted by atomic mass is 10.1. The van der Waals surface area contributed by atoms with Gasteiger partial charge in [0.05, 0.1) is 4.90 Å². The highest BCUT2D eigenvalue weighted by Crippen LogP contribution is 2.19. The van der Waals surface area contributed by atoms with Gasteiger partial charge < -0.3 is 9.73 Å². The number of nitrogens with one attached hydrogen (secondary N) is 2. The molecule has 4 aromatic rings. The van der Waals surface area contributed by atoms with Gasteiger partial charge in [-0.05, 0) is 50.2 Å². The molecule has 2 aromatic heterocycles. The van der Waals surface area contributed by atoms with Gasteiger partial charge in [-0.3, -0.25) is 9.52 Å². The van der Waals surface area contributed by atoms with E-state index < -0.39 is 21.6 Å². The summed E-state index contributed by atoms with van der Waals surface area (Å²) >= 11 is 0. The maximum Gasteiger partial charge on any atom is 0.349 e. The number of para-hydroxylation sites is 1. The number of amides is 1. The summed E-state index contributed by atoms with van der Waals surface area (Å²) < 4.78 is 32.9. The minimum atomic E-state index is -3.89. The van der Waals surface area contributed by atoms with Crippen LogP contribution in [0.4, 0.5) is 11.5 Å². The molecule has 4 rings (SSSR count). The standard InChI is InChI=1S/C22H18N4O5S/c1-13-11-20(24-14(2)23-13)26-32(29,30)17-9-7-16(8-10-17)25-21(27)18-12-15-5-3-4-6-19(15)31-22(18)28/h3-12H,1-2H3,(H,25,27)(H,23,24,26). The molecule has 2 N–H and O–H groups in total. The lowest BCUT2D eigenvalue weighted by Crippen LogP contribution is -2.20. The van der Waals surface area contributed by atoms with Crippen LogP contribution in [0.3, 0.4) is 0 Å². The molecule has 0 saturated heterocycles. The molecule has 0 unspecified atom stereocenters. The normalized spacial score (nSPS) is 11.3. The summed E-state index contributed by atoms with van der Waals surface area (Å²) in [5, 5.41) is 3.18. The van der Waals surface area contributed by atoms with E-state index in [0.29, 0.717) is 28.2 Å². The predicted molar refractivity (Wildman–Crippen MR) is 119 cm³/mol. The van der Waals surface area contributed by atoms with Crippen LogP contribution in [0, 0.1) is 13.8 Å². The molecule has 0 fully saturated rings. The van der Waals surface area contributed by atoms with Crippen molar-refractivity contribution in [1.29, 1.82) is 0 Å². The van der Waals surface area contributed by atoms with E-state index in [1.54, 1.807) is 38.1 Å². The van der Waals surface area contributed by atoms with E-state index in [0.717, 1.165) is 0 Å². The first-order chi connectivity index (χ1) is 15.2. The van der Waals surface area contributed by atoms with Crippen molar-refractivity contribution in [3.63, 3.8) is 0 Å². The van der Waals surface area contributed by atoms with E-state index in [2.05, 4.69) is 20.0 Å². The lowest BCUT2D eigenvalue weighted by molar-refractivity contribution is 0.102. The monoisotopic (exact) mass is 450 g/mol. The molecule has 2 aromatic carbocycles. The lowest BCUT2D eigenvalue weighted by Gasteiger charge is -2.10. The van der Waals surface area contributed by atoms with Gasteiger partial charge in [-0.2, -0.15) is 0 Å². The number of fused-ring (bicyclic) bond motifs is 1. The van der Waals surface area contributed by atoms with Gasteiger partial charge in [0.25, 0.3) is 15.9 Å². The van der Waals surface area contributed by atoms with Crippen LogP contribution in [-0.4, -0.2) is 24.3 Å². The van der Waals surface area contributed by atoms with Crippen LogP contribution in [-0.2, 0) is 10.0 Å². The van der Waals surface area contributed by atoms with E-state index in [-0.39, 0.29) is 16.3 Å². The number of aryl methyl sites for hydroxylation is 2. The maximum atomic E-state index is 12.6. The molecule has 0 atom stereocenters. The van der Waals surface area contributed by atoms with Crippen molar-refractivity contribution in [2.45, 2.75) is 18.7 Å². The smallest absolute Gasteiger partial charge is 0.349 e. The molecule has 10 heteroatoms. The first-order valence-electron chi connectivity index (χ1n) is 9.51. The van der Waals surface area contributed by atoms with Gasteiger partial charge in [0.2, 0.25) is 0 Å². The molecule has 0 saturated carbocycles. The Balaban J connectivity index is 1.53. The Morgan fingerprint density at radius 1 is 0.969 bits per heavy atom. The number of hydrogen-bond donors (Lipinski definition) is 2. The number of benzene rings is 2. The molecular formula is C22H18N4O5S. The largest absolute Gasteiger partial charge is 0.422 e. The van der Waals surface area contributed by atoms with Gasteiger partial charge in [0.1, 0.15) is 22.8 Å². The van der Waals surface area contributed by atoms with Crippen LogP contribution >= 0.6 is 0 Å². The minimum absolute atomic E-state index is 0.0189. The zero-order valence-corrected chi connectivity index (χ0v) is 17.9. The van der Waals surface area contributed by atoms with Crippen molar-refractivity contribution < 1.29 is 17.6 Å². The molecule has 0 aliphatic heterocycles. The molecule has 0 aliphatic rings. The molecule has 0 aliphatic carbocycles. The number of hydrogen-bond acceptors (Lipinski definition) is 7. The van der Waals surface area contributed by atoms with Crippen molar-refractivity contribution in [3.05, 3.63) is 88.2 Å². The summed E-state index contributed by atoms with van der Waals surface area (Å²) in [5.74, 6) is -0.0560. The molecule has 2 heterocycles. The fraction of sp³-hybridized carbons (Fsp3) is 0.0909. The van der Waals surface area contributed by atoms with Crippen LogP contribution < -0.4 is 15.7 Å². The Bertz CT molecular complexity index is 1480. The first kappa shape index (κ1) is 21.2. The van der Waals surface area contributed by atoms with Crippen LogP contribution in [0.2, 0.25) is 0 Å². The number of sulfonamides is 1. The van der Waals surface area contributed by atoms with E-state index in [1.807, 2.05) is 0 Å². The van der Waals surface area contributed by atoms with Gasteiger partial charge in [0, 0.05) is 22.8 Å². The second-order valence-corrected chi connectivity index (χ2v) is 8.69. The highest BCUT2D eigenvalue weighted by atomic mass is 32.2. The number of aromatic nitrogens is 2. The van der Waals surface area contributed by atoms with E-state index in [1.165, 1.54) is 36.4 Å². The Morgan fingerprint density at radius 3 is 2.41 bits per heavy atom. The third-order valence-electron chi connectivity index (χ3n) is 4.51. The summed E-state index contributed by atoms with van der Waals surface area (Å²) in [5.41, 5.74) is 0.406. The molecule has 162 valence electrons. The fourth-order valence-electron chi connectivity index (χ4n) is 3.10. The fourth-order valence-corrected chi connectivity index (χ4v) is 4.09. The van der Waals surface area contributed by atoms with E-state index in [9.17, 15) is 18.0 Å². The summed E-state index contributed by atoms with van der Waals surface area (Å²) in [6.45, 7) is 3.40. The average molecular weight is 450 g/mol. The van der Waals surface area contributed by atoms with Gasteiger partial charge in [-0.25, -0.2) is 23.2 Å². The van der Waals surface area contributed by atoms with Crippen molar-refractivity contribution in [2.75, 3.05) is 10.0 Å². The highest BCUT2D eigenvalue weighted by molar-refractivity contribution is 7.92. The number of anilines is 2. The predicted octanol–water partition coefficient (Wildman–Crippen LogP) is 3.25. The minimum Gasteiger partial charge on any atom is -0.422 e. The third kappa shape index (κ3) is 4.49. The summed E-state index contributed by atoms with van der Waals surface area (Å²) in [6, 6.07) is 15.3. The number of rotatable bonds is 5. The second-order valence-electron chi connectivity index (χ2n) is 7.01. The third-order valence-corrected chi connectivity index (χ3v) is 5.88. The Hall–Kier alpha value is -4.05. The molecule has 0 bridgehead atoms. The highest BCUT2D eigenvalue weighted by Gasteiger charge is 2.17. The molecule has 32 heavy (non-hydrogen) atoms. The second kappa shape index (κ2) is 8.23. The van der Waals surface area contributed by atoms with Crippen LogP contribution in [0.25, 0.3) is 11.0 Å². The first-order valence-corrected chi connectivity index (χ1v) is 11.0. The Labute approximate surface area is 183 Å². The van der Waals surface area contributed by atoms with Crippen LogP contribution in [0.5, 0.6) is 0 Å². The zero-order valence-electron chi connectivity index (χ0n) is 17.1. The van der Waals surface area contributed by atoms with Crippen molar-refractivity contribution in [1.82, 2.24) is 9.97 Å². The quantitative estimate of drug-likeness (QED) is 0.446. The van der Waals surface area contributed by atoms with E-state index >= 15 is 0 Å². The average Bonchev–Trinajstić information content (AvgIpc) is 2.72. The maximum absolute atomic E-state index is 12.6. The number of carbonyl (C=O) groups excluding carboxylic acids is 1. The van der Waals surface area contributed by atoms with Gasteiger partial charge in [-0.15, -0.1) is 0 Å². The van der Waals surface area contributed by atoms with Crippen LogP contribution in [0.1, 0.15) is 21.9 Å². The van der Waals surface area contributed by atoms with Crippen LogP contribution in [0.15, 0.2) is 74.8 Å². The van der Waals surface area contributed by atoms with Crippen molar-refractivity contribution in [3.8, 4) is 0 Å². The summed E-state index contributed by atoms with van der Waals surface area (Å²) in [4.78, 5) is 32.9. The van der Waals surface area contributed by atoms with Gasteiger partial charge in [-0.1, -0.05) is 18.2 Å². The molecule has 0 radical (unpaired) electrons. The molecular weight excluding hydrogens is 432 g/mol. The number of nitrogens with zero attached hydrogens (tertiary/aromatic N) is 2. The molecule has 1 amide bonds. The van der Waals surface area contributed by atoms with Crippen molar-refractivity contribution >= 4 is 38.4 Å². The number of carbonyl (C=O) groups is 1. The van der Waals surface area contributed by atoms with Crippen molar-refractivity contribution in [2.24, 2.45) is 0 Å². The van der Waals surface area contributed by atoms with Gasteiger partial charge in [0.15, 0.2) is 0 Å². The molecule has 0 spiro atoms. The van der Waals surface area contributed by atoms with E-state index in [4.69, 9.17) is 4.42 Å². The summed E-state index contributed by atoms with van der Waals surface area (Å²) in [6.07, 6.45) is 0. The Morgan fingerprint density at radius 2 is 1.69 bits per heavy atom. The topological polar surface area (TPSA) is 131 Å². The van der Waals surface area contributed by atoms with Gasteiger partial charge >= 0.3 is 5.63 Å². The SMILES string of the molecule is Cc1cc(NS(=O)(=O)c2ccc(NC(=O)c3cc4ccccc4oc3=O)cc2)nc(C)n1.